The molecule has 0 heterocycles. The van der Waals surface area contributed by atoms with Gasteiger partial charge in [-0.15, -0.1) is 0 Å². The van der Waals surface area contributed by atoms with Crippen molar-refractivity contribution < 1.29 is 4.39 Å². The highest BCUT2D eigenvalue weighted by atomic mass is 32.1. The Kier molecular flexibility index (Phi) is 3.01. The first kappa shape index (κ1) is 11.2. The fourth-order valence-corrected chi connectivity index (χ4v) is 1.92. The van der Waals surface area contributed by atoms with E-state index in [4.69, 9.17) is 12.2 Å². The first-order valence-electron chi connectivity index (χ1n) is 5.26. The maximum Gasteiger partial charge on any atom is 0.130 e. The number of alkyl halides is 1. The molecule has 0 aromatic heterocycles. The van der Waals surface area contributed by atoms with Crippen LogP contribution in [0.4, 0.5) is 4.39 Å². The maximum atomic E-state index is 13.5. The summed E-state index contributed by atoms with van der Waals surface area (Å²) in [6.07, 6.45) is 5.62. The summed E-state index contributed by atoms with van der Waals surface area (Å²) in [6, 6.07) is 9.80. The van der Waals surface area contributed by atoms with E-state index in [1.165, 1.54) is 0 Å². The maximum absolute atomic E-state index is 13.5. The molecule has 1 atom stereocenters. The van der Waals surface area contributed by atoms with Crippen LogP contribution in [-0.2, 0) is 0 Å². The van der Waals surface area contributed by atoms with Crippen LogP contribution in [0.3, 0.4) is 0 Å². The van der Waals surface area contributed by atoms with E-state index in [1.54, 1.807) is 19.1 Å². The lowest BCUT2D eigenvalue weighted by Gasteiger charge is -2.19. The quantitative estimate of drug-likeness (QED) is 0.548. The van der Waals surface area contributed by atoms with Crippen molar-refractivity contribution in [2.75, 3.05) is 0 Å². The topological polar surface area (TPSA) is 0 Å². The van der Waals surface area contributed by atoms with Crippen LogP contribution in [0.2, 0.25) is 0 Å². The number of benzene rings is 1. The lowest BCUT2D eigenvalue weighted by Crippen LogP contribution is -2.17. The molecule has 0 saturated heterocycles. The van der Waals surface area contributed by atoms with Crippen molar-refractivity contribution in [3.05, 3.63) is 59.7 Å². The van der Waals surface area contributed by atoms with Crippen LogP contribution in [-0.4, -0.2) is 10.5 Å². The molecule has 1 aromatic carbocycles. The van der Waals surface area contributed by atoms with Crippen LogP contribution < -0.4 is 0 Å². The number of allylic oxidation sites excluding steroid dienone is 4. The van der Waals surface area contributed by atoms with Gasteiger partial charge in [0.15, 0.2) is 0 Å². The van der Waals surface area contributed by atoms with Crippen molar-refractivity contribution in [3.8, 4) is 0 Å². The van der Waals surface area contributed by atoms with Gasteiger partial charge >= 0.3 is 0 Å². The molecule has 0 nitrogen and oxygen atoms in total. The Balaban J connectivity index is 2.20. The van der Waals surface area contributed by atoms with Crippen LogP contribution in [0.1, 0.15) is 18.9 Å². The number of hydrogen-bond donors (Lipinski definition) is 0. The van der Waals surface area contributed by atoms with Crippen LogP contribution in [0.25, 0.3) is 0 Å². The minimum Gasteiger partial charge on any atom is -0.239 e. The van der Waals surface area contributed by atoms with Gasteiger partial charge in [0.1, 0.15) is 5.67 Å². The zero-order valence-electron chi connectivity index (χ0n) is 9.11. The summed E-state index contributed by atoms with van der Waals surface area (Å²) < 4.78 is 13.5. The van der Waals surface area contributed by atoms with Gasteiger partial charge < -0.3 is 0 Å². The van der Waals surface area contributed by atoms with Crippen molar-refractivity contribution in [2.24, 2.45) is 0 Å². The van der Waals surface area contributed by atoms with Crippen LogP contribution in [0.15, 0.2) is 54.1 Å². The van der Waals surface area contributed by atoms with Crippen LogP contribution >= 0.6 is 12.2 Å². The molecule has 0 amide bonds. The molecule has 1 aliphatic rings. The molecule has 0 N–H and O–H groups in total. The van der Waals surface area contributed by atoms with E-state index in [9.17, 15) is 4.39 Å². The molecule has 0 aliphatic heterocycles. The molecule has 0 fully saturated rings. The molecule has 1 aromatic rings. The number of rotatable bonds is 2. The lowest BCUT2D eigenvalue weighted by atomic mass is 9.92. The second-order valence-corrected chi connectivity index (χ2v) is 4.58. The number of hydrogen-bond acceptors (Lipinski definition) is 1. The highest BCUT2D eigenvalue weighted by Crippen LogP contribution is 2.26. The highest BCUT2D eigenvalue weighted by molar-refractivity contribution is 7.81. The van der Waals surface area contributed by atoms with E-state index in [0.717, 1.165) is 16.0 Å². The molecule has 82 valence electrons. The van der Waals surface area contributed by atoms with Gasteiger partial charge in [-0.3, -0.25) is 0 Å². The lowest BCUT2D eigenvalue weighted by molar-refractivity contribution is 0.259. The Labute approximate surface area is 100 Å². The summed E-state index contributed by atoms with van der Waals surface area (Å²) in [7, 11) is 0. The van der Waals surface area contributed by atoms with Gasteiger partial charge in [-0.25, -0.2) is 4.39 Å². The van der Waals surface area contributed by atoms with Gasteiger partial charge in [0, 0.05) is 6.42 Å². The molecule has 0 saturated carbocycles. The third-order valence-corrected chi connectivity index (χ3v) is 3.10. The Morgan fingerprint density at radius 2 is 2.00 bits per heavy atom. The van der Waals surface area contributed by atoms with Crippen LogP contribution in [0.5, 0.6) is 0 Å². The van der Waals surface area contributed by atoms with Crippen LogP contribution in [0, 0.1) is 0 Å². The van der Waals surface area contributed by atoms with E-state index in [-0.39, 0.29) is 0 Å². The minimum absolute atomic E-state index is 0.395. The second kappa shape index (κ2) is 4.30. The Morgan fingerprint density at radius 1 is 1.31 bits per heavy atom. The predicted octanol–water partition coefficient (Wildman–Crippen LogP) is 4.02. The van der Waals surface area contributed by atoms with E-state index < -0.39 is 5.67 Å². The third kappa shape index (κ3) is 2.45. The molecule has 16 heavy (non-hydrogen) atoms. The van der Waals surface area contributed by atoms with E-state index in [2.05, 4.69) is 0 Å². The van der Waals surface area contributed by atoms with E-state index in [0.29, 0.717) is 6.42 Å². The molecule has 0 spiro atoms. The largest absolute Gasteiger partial charge is 0.239 e. The zero-order chi connectivity index (χ0) is 11.6. The van der Waals surface area contributed by atoms with Gasteiger partial charge in [0.05, 0.1) is 4.86 Å². The van der Waals surface area contributed by atoms with Gasteiger partial charge in [0.25, 0.3) is 0 Å². The minimum atomic E-state index is -1.23. The van der Waals surface area contributed by atoms with Gasteiger partial charge in [-0.1, -0.05) is 54.7 Å². The van der Waals surface area contributed by atoms with Crippen molar-refractivity contribution in [2.45, 2.75) is 19.0 Å². The average Bonchev–Trinajstić information content (AvgIpc) is 2.29. The summed E-state index contributed by atoms with van der Waals surface area (Å²) in [5.74, 6) is 0. The monoisotopic (exact) mass is 232 g/mol. The third-order valence-electron chi connectivity index (χ3n) is 2.63. The average molecular weight is 232 g/mol. The summed E-state index contributed by atoms with van der Waals surface area (Å²) in [4.78, 5) is 0.785. The number of thiocarbonyl (C=S) groups is 1. The molecule has 0 radical (unpaired) electrons. The predicted molar refractivity (Wildman–Crippen MR) is 69.5 cm³/mol. The normalized spacial score (nSPS) is 24.0. The van der Waals surface area contributed by atoms with Crippen molar-refractivity contribution in [3.63, 3.8) is 0 Å². The molecular formula is C14H13FS. The Hall–Kier alpha value is -1.28. The molecule has 2 heteroatoms. The van der Waals surface area contributed by atoms with Gasteiger partial charge in [-0.05, 0) is 24.1 Å². The number of halogens is 1. The first-order chi connectivity index (χ1) is 7.58. The highest BCUT2D eigenvalue weighted by Gasteiger charge is 2.21. The smallest absolute Gasteiger partial charge is 0.130 e. The van der Waals surface area contributed by atoms with Crippen molar-refractivity contribution in [1.82, 2.24) is 0 Å². The second-order valence-electron chi connectivity index (χ2n) is 4.17. The fraction of sp³-hybridized carbons (Fsp3) is 0.214. The van der Waals surface area contributed by atoms with E-state index >= 15 is 0 Å². The van der Waals surface area contributed by atoms with Crippen molar-refractivity contribution >= 4 is 17.1 Å². The Bertz CT molecular complexity index is 455. The summed E-state index contributed by atoms with van der Waals surface area (Å²) >= 11 is 5.37. The summed E-state index contributed by atoms with van der Waals surface area (Å²) in [6.45, 7) is 1.57. The molecule has 0 bridgehead atoms. The van der Waals surface area contributed by atoms with Gasteiger partial charge in [-0.2, -0.15) is 0 Å². The van der Waals surface area contributed by atoms with E-state index in [1.807, 2.05) is 36.4 Å². The summed E-state index contributed by atoms with van der Waals surface area (Å²) in [5, 5.41) is 0. The summed E-state index contributed by atoms with van der Waals surface area (Å²) in [5.41, 5.74) is 0.725. The fourth-order valence-electron chi connectivity index (χ4n) is 1.63. The first-order valence-corrected chi connectivity index (χ1v) is 5.67. The zero-order valence-corrected chi connectivity index (χ0v) is 9.93. The van der Waals surface area contributed by atoms with Gasteiger partial charge in [0.2, 0.25) is 0 Å². The standard InChI is InChI=1S/C14H13FS/c1-14(15)9-7-12(8-10-14)13(16)11-5-3-2-4-6-11/h2-9H,10H2,1H3. The molecule has 1 aliphatic carbocycles. The SMILES string of the molecule is CC1(F)C=CC(C(=S)c2ccccc2)=CC1. The molecule has 2 rings (SSSR count). The van der Waals surface area contributed by atoms with Crippen molar-refractivity contribution in [1.29, 1.82) is 0 Å². The molecular weight excluding hydrogens is 219 g/mol. The molecule has 1 unspecified atom stereocenters. The Morgan fingerprint density at radius 3 is 2.56 bits per heavy atom.